The maximum absolute atomic E-state index is 12.4. The topological polar surface area (TPSA) is 78.8 Å². The maximum Gasteiger partial charge on any atom is 0.271 e. The van der Waals surface area contributed by atoms with Gasteiger partial charge in [0.25, 0.3) is 5.91 Å². The molecule has 1 amide bonds. The second-order valence-corrected chi connectivity index (χ2v) is 9.83. The number of amides is 1. The molecule has 32 heavy (non-hydrogen) atoms. The van der Waals surface area contributed by atoms with E-state index in [0.29, 0.717) is 16.3 Å². The number of aryl methyl sites for hydroxylation is 2. The number of carbonyl (C=O) groups is 1. The minimum absolute atomic E-state index is 0.163. The summed E-state index contributed by atoms with van der Waals surface area (Å²) in [7, 11) is -3.49. The molecule has 3 aromatic rings. The maximum atomic E-state index is 12.4. The molecule has 0 aromatic heterocycles. The van der Waals surface area contributed by atoms with Crippen LogP contribution in [0.5, 0.6) is 0 Å². The van der Waals surface area contributed by atoms with Gasteiger partial charge in [-0.1, -0.05) is 41.9 Å². The number of sulfonamides is 1. The predicted molar refractivity (Wildman–Crippen MR) is 130 cm³/mol. The summed E-state index contributed by atoms with van der Waals surface area (Å²) in [5.41, 5.74) is 7.12. The second kappa shape index (κ2) is 9.97. The van der Waals surface area contributed by atoms with Gasteiger partial charge in [0.2, 0.25) is 10.0 Å². The van der Waals surface area contributed by atoms with E-state index in [1.54, 1.807) is 48.5 Å². The first-order valence-electron chi connectivity index (χ1n) is 9.86. The Labute approximate surface area is 193 Å². The summed E-state index contributed by atoms with van der Waals surface area (Å²) in [5.74, 6) is -0.371. The van der Waals surface area contributed by atoms with Crippen LogP contribution >= 0.6 is 11.6 Å². The van der Waals surface area contributed by atoms with Crippen molar-refractivity contribution in [3.8, 4) is 0 Å². The van der Waals surface area contributed by atoms with Crippen molar-refractivity contribution >= 4 is 39.4 Å². The molecular formula is C24H24ClN3O3S. The monoisotopic (exact) mass is 469 g/mol. The summed E-state index contributed by atoms with van der Waals surface area (Å²) in [4.78, 5) is 12.3. The molecule has 0 fully saturated rings. The standard InChI is InChI=1S/C24H24ClN3O3S/c1-17-7-12-23(13-18(17)2)28(32(3,30)31)16-19-8-10-21(11-9-19)24(29)27-26-15-20-5-4-6-22(25)14-20/h4-15H,16H2,1-3H3,(H,27,29)/b26-15-. The van der Waals surface area contributed by atoms with Gasteiger partial charge in [0.1, 0.15) is 0 Å². The average molecular weight is 470 g/mol. The van der Waals surface area contributed by atoms with Crippen LogP contribution in [-0.4, -0.2) is 26.8 Å². The van der Waals surface area contributed by atoms with E-state index in [9.17, 15) is 13.2 Å². The summed E-state index contributed by atoms with van der Waals surface area (Å²) in [6.07, 6.45) is 2.69. The zero-order valence-electron chi connectivity index (χ0n) is 18.0. The van der Waals surface area contributed by atoms with Gasteiger partial charge in [-0.2, -0.15) is 5.10 Å². The van der Waals surface area contributed by atoms with Crippen LogP contribution in [0.2, 0.25) is 5.02 Å². The first-order valence-corrected chi connectivity index (χ1v) is 12.1. The highest BCUT2D eigenvalue weighted by molar-refractivity contribution is 7.92. The van der Waals surface area contributed by atoms with E-state index in [0.717, 1.165) is 22.3 Å². The lowest BCUT2D eigenvalue weighted by atomic mass is 10.1. The molecule has 0 unspecified atom stereocenters. The van der Waals surface area contributed by atoms with E-state index in [1.165, 1.54) is 16.8 Å². The molecule has 0 spiro atoms. The fraction of sp³-hybridized carbons (Fsp3) is 0.167. The molecular weight excluding hydrogens is 446 g/mol. The van der Waals surface area contributed by atoms with Gasteiger partial charge >= 0.3 is 0 Å². The molecule has 166 valence electrons. The van der Waals surface area contributed by atoms with E-state index in [2.05, 4.69) is 10.5 Å². The quantitative estimate of drug-likeness (QED) is 0.403. The van der Waals surface area contributed by atoms with Crippen LogP contribution in [0.25, 0.3) is 0 Å². The van der Waals surface area contributed by atoms with Gasteiger partial charge in [-0.25, -0.2) is 13.8 Å². The number of halogens is 1. The Morgan fingerprint density at radius 2 is 1.75 bits per heavy atom. The highest BCUT2D eigenvalue weighted by atomic mass is 35.5. The minimum Gasteiger partial charge on any atom is -0.267 e. The van der Waals surface area contributed by atoms with Crippen molar-refractivity contribution in [2.45, 2.75) is 20.4 Å². The SMILES string of the molecule is Cc1ccc(N(Cc2ccc(C(=O)N/N=C\c3cccc(Cl)c3)cc2)S(C)(=O)=O)cc1C. The largest absolute Gasteiger partial charge is 0.271 e. The fourth-order valence-electron chi connectivity index (χ4n) is 3.02. The van der Waals surface area contributed by atoms with Gasteiger partial charge < -0.3 is 0 Å². The van der Waals surface area contributed by atoms with Crippen LogP contribution in [0.15, 0.2) is 71.8 Å². The van der Waals surface area contributed by atoms with E-state index in [4.69, 9.17) is 11.6 Å². The van der Waals surface area contributed by atoms with Crippen molar-refractivity contribution in [3.05, 3.63) is 99.6 Å². The molecule has 1 N–H and O–H groups in total. The van der Waals surface area contributed by atoms with Crippen molar-refractivity contribution in [1.29, 1.82) is 0 Å². The third-order valence-electron chi connectivity index (χ3n) is 4.95. The molecule has 0 aliphatic heterocycles. The molecule has 0 atom stereocenters. The molecule has 0 bridgehead atoms. The van der Waals surface area contributed by atoms with Crippen LogP contribution in [-0.2, 0) is 16.6 Å². The number of hydrogen-bond acceptors (Lipinski definition) is 4. The first-order chi connectivity index (χ1) is 15.1. The van der Waals surface area contributed by atoms with E-state index in [1.807, 2.05) is 32.0 Å². The number of rotatable bonds is 7. The van der Waals surface area contributed by atoms with E-state index < -0.39 is 10.0 Å². The second-order valence-electron chi connectivity index (χ2n) is 7.49. The van der Waals surface area contributed by atoms with Gasteiger partial charge in [0, 0.05) is 10.6 Å². The Morgan fingerprint density at radius 3 is 2.38 bits per heavy atom. The first kappa shape index (κ1) is 23.5. The van der Waals surface area contributed by atoms with E-state index in [-0.39, 0.29) is 12.5 Å². The Hall–Kier alpha value is -3.16. The smallest absolute Gasteiger partial charge is 0.267 e. The Morgan fingerprint density at radius 1 is 1.03 bits per heavy atom. The van der Waals surface area contributed by atoms with Gasteiger partial charge in [0.15, 0.2) is 0 Å². The number of anilines is 1. The molecule has 6 nitrogen and oxygen atoms in total. The normalized spacial score (nSPS) is 11.5. The van der Waals surface area contributed by atoms with E-state index >= 15 is 0 Å². The minimum atomic E-state index is -3.49. The molecule has 3 rings (SSSR count). The van der Waals surface area contributed by atoms with Crippen LogP contribution in [0.3, 0.4) is 0 Å². The highest BCUT2D eigenvalue weighted by Crippen LogP contribution is 2.23. The van der Waals surface area contributed by atoms with Crippen LogP contribution in [0, 0.1) is 13.8 Å². The lowest BCUT2D eigenvalue weighted by Crippen LogP contribution is -2.29. The van der Waals surface area contributed by atoms with Crippen molar-refractivity contribution < 1.29 is 13.2 Å². The summed E-state index contributed by atoms with van der Waals surface area (Å²) >= 11 is 5.92. The number of nitrogens with one attached hydrogen (secondary N) is 1. The van der Waals surface area contributed by atoms with Gasteiger partial charge in [-0.3, -0.25) is 9.10 Å². The van der Waals surface area contributed by atoms with Crippen LogP contribution in [0.1, 0.15) is 32.6 Å². The number of benzene rings is 3. The predicted octanol–water partition coefficient (Wildman–Crippen LogP) is 4.69. The molecule has 0 saturated heterocycles. The Kier molecular flexibility index (Phi) is 7.33. The number of nitrogens with zero attached hydrogens (tertiary/aromatic N) is 2. The lowest BCUT2D eigenvalue weighted by Gasteiger charge is -2.23. The molecule has 8 heteroatoms. The number of hydrazone groups is 1. The summed E-state index contributed by atoms with van der Waals surface area (Å²) in [6.45, 7) is 4.09. The zero-order chi connectivity index (χ0) is 23.3. The fourth-order valence-corrected chi connectivity index (χ4v) is 4.10. The third kappa shape index (κ3) is 6.18. The summed E-state index contributed by atoms with van der Waals surface area (Å²) in [6, 6.07) is 19.4. The van der Waals surface area contributed by atoms with Gasteiger partial charge in [-0.15, -0.1) is 0 Å². The van der Waals surface area contributed by atoms with Crippen molar-refractivity contribution in [2.75, 3.05) is 10.6 Å². The Balaban J connectivity index is 1.70. The van der Waals surface area contributed by atoms with Gasteiger partial charge in [-0.05, 0) is 72.5 Å². The average Bonchev–Trinajstić information content (AvgIpc) is 2.74. The molecule has 3 aromatic carbocycles. The summed E-state index contributed by atoms with van der Waals surface area (Å²) < 4.78 is 26.2. The highest BCUT2D eigenvalue weighted by Gasteiger charge is 2.18. The molecule has 0 radical (unpaired) electrons. The molecule has 0 aliphatic rings. The third-order valence-corrected chi connectivity index (χ3v) is 6.33. The molecule has 0 saturated carbocycles. The number of carbonyl (C=O) groups excluding carboxylic acids is 1. The Bertz CT molecular complexity index is 1260. The molecule has 0 heterocycles. The molecule has 0 aliphatic carbocycles. The van der Waals surface area contributed by atoms with Crippen molar-refractivity contribution in [1.82, 2.24) is 5.43 Å². The van der Waals surface area contributed by atoms with Crippen molar-refractivity contribution in [2.24, 2.45) is 5.10 Å². The number of hydrogen-bond donors (Lipinski definition) is 1. The van der Waals surface area contributed by atoms with Gasteiger partial charge in [0.05, 0.1) is 24.7 Å². The zero-order valence-corrected chi connectivity index (χ0v) is 19.6. The van der Waals surface area contributed by atoms with Crippen molar-refractivity contribution in [3.63, 3.8) is 0 Å². The summed E-state index contributed by atoms with van der Waals surface area (Å²) in [5, 5.41) is 4.53. The van der Waals surface area contributed by atoms with Crippen LogP contribution < -0.4 is 9.73 Å². The lowest BCUT2D eigenvalue weighted by molar-refractivity contribution is 0.0955. The van der Waals surface area contributed by atoms with Crippen LogP contribution in [0.4, 0.5) is 5.69 Å².